The molecule has 2 amide bonds. The molecule has 0 unspecified atom stereocenters. The second kappa shape index (κ2) is 12.9. The molecular weight excluding hydrogens is 360 g/mol. The maximum absolute atomic E-state index is 12.2. The minimum atomic E-state index is -0.244. The van der Waals surface area contributed by atoms with Crippen LogP contribution in [-0.2, 0) is 0 Å². The maximum atomic E-state index is 12.2. The molecule has 0 radical (unpaired) electrons. The van der Waals surface area contributed by atoms with Crippen molar-refractivity contribution in [3.05, 3.63) is 53.6 Å². The Morgan fingerprint density at radius 1 is 0.828 bits per heavy atom. The van der Waals surface area contributed by atoms with E-state index in [0.717, 1.165) is 41.3 Å². The predicted molar refractivity (Wildman–Crippen MR) is 123 cm³/mol. The van der Waals surface area contributed by atoms with Gasteiger partial charge in [-0.3, -0.25) is 0 Å². The highest BCUT2D eigenvalue weighted by Gasteiger charge is 2.05. The van der Waals surface area contributed by atoms with Gasteiger partial charge >= 0.3 is 6.03 Å². The van der Waals surface area contributed by atoms with Gasteiger partial charge in [0, 0.05) is 11.4 Å². The smallest absolute Gasteiger partial charge is 0.323 e. The van der Waals surface area contributed by atoms with E-state index in [9.17, 15) is 4.79 Å². The largest absolute Gasteiger partial charge is 0.494 e. The molecule has 0 aliphatic carbocycles. The first-order chi connectivity index (χ1) is 14.1. The number of amides is 2. The number of nitrogens with one attached hydrogen (secondary N) is 2. The summed E-state index contributed by atoms with van der Waals surface area (Å²) < 4.78 is 5.81. The Bertz CT molecular complexity index is 741. The number of urea groups is 1. The van der Waals surface area contributed by atoms with Crippen LogP contribution in [-0.4, -0.2) is 12.6 Å². The van der Waals surface area contributed by atoms with Gasteiger partial charge in [0.2, 0.25) is 0 Å². The number of unbranched alkanes of at least 4 members (excludes halogenated alkanes) is 7. The minimum Gasteiger partial charge on any atom is -0.494 e. The van der Waals surface area contributed by atoms with Crippen LogP contribution in [0, 0.1) is 13.8 Å². The van der Waals surface area contributed by atoms with Gasteiger partial charge in [-0.05, 0) is 61.7 Å². The van der Waals surface area contributed by atoms with Crippen LogP contribution < -0.4 is 15.4 Å². The van der Waals surface area contributed by atoms with Gasteiger partial charge in [-0.25, -0.2) is 4.79 Å². The van der Waals surface area contributed by atoms with Gasteiger partial charge in [-0.1, -0.05) is 64.0 Å². The topological polar surface area (TPSA) is 50.4 Å². The molecule has 0 saturated heterocycles. The van der Waals surface area contributed by atoms with Crippen molar-refractivity contribution in [1.29, 1.82) is 0 Å². The SMILES string of the molecule is CCCCCCCCCCOc1ccc(NC(=O)Nc2cc(C)ccc2C)cc1. The molecule has 29 heavy (non-hydrogen) atoms. The van der Waals surface area contributed by atoms with E-state index in [0.29, 0.717) is 0 Å². The Balaban J connectivity index is 1.65. The molecule has 0 saturated carbocycles. The Kier molecular flexibility index (Phi) is 10.1. The van der Waals surface area contributed by atoms with E-state index in [1.165, 1.54) is 44.9 Å². The molecule has 0 bridgehead atoms. The minimum absolute atomic E-state index is 0.244. The van der Waals surface area contributed by atoms with Crippen molar-refractivity contribution in [1.82, 2.24) is 0 Å². The van der Waals surface area contributed by atoms with Gasteiger partial charge in [0.1, 0.15) is 5.75 Å². The van der Waals surface area contributed by atoms with E-state index in [1.54, 1.807) is 0 Å². The standard InChI is InChI=1S/C25H36N2O2/c1-4-5-6-7-8-9-10-11-18-29-23-16-14-22(15-17-23)26-25(28)27-24-19-20(2)12-13-21(24)3/h12-17,19H,4-11,18H2,1-3H3,(H2,26,27,28). The van der Waals surface area contributed by atoms with Gasteiger partial charge in [-0.2, -0.15) is 0 Å². The highest BCUT2D eigenvalue weighted by molar-refractivity contribution is 6.00. The van der Waals surface area contributed by atoms with Crippen LogP contribution >= 0.6 is 0 Å². The van der Waals surface area contributed by atoms with Gasteiger partial charge in [-0.15, -0.1) is 0 Å². The van der Waals surface area contributed by atoms with Crippen molar-refractivity contribution in [2.24, 2.45) is 0 Å². The fourth-order valence-corrected chi connectivity index (χ4v) is 3.22. The zero-order chi connectivity index (χ0) is 20.9. The number of hydrogen-bond donors (Lipinski definition) is 2. The van der Waals surface area contributed by atoms with Crippen molar-refractivity contribution in [2.45, 2.75) is 72.1 Å². The highest BCUT2D eigenvalue weighted by atomic mass is 16.5. The molecule has 0 aliphatic rings. The van der Waals surface area contributed by atoms with Crippen LogP contribution in [0.25, 0.3) is 0 Å². The normalized spacial score (nSPS) is 10.6. The molecule has 0 atom stereocenters. The van der Waals surface area contributed by atoms with Crippen LogP contribution in [0.1, 0.15) is 69.4 Å². The Morgan fingerprint density at radius 3 is 2.17 bits per heavy atom. The quantitative estimate of drug-likeness (QED) is 0.366. The molecular formula is C25H36N2O2. The second-order valence-corrected chi connectivity index (χ2v) is 7.75. The van der Waals surface area contributed by atoms with Crippen molar-refractivity contribution >= 4 is 17.4 Å². The number of anilines is 2. The molecule has 2 aromatic carbocycles. The van der Waals surface area contributed by atoms with Crippen molar-refractivity contribution in [2.75, 3.05) is 17.2 Å². The zero-order valence-corrected chi connectivity index (χ0v) is 18.2. The number of hydrogen-bond acceptors (Lipinski definition) is 2. The first-order valence-electron chi connectivity index (χ1n) is 11.0. The fourth-order valence-electron chi connectivity index (χ4n) is 3.22. The van der Waals surface area contributed by atoms with E-state index in [1.807, 2.05) is 56.3 Å². The molecule has 2 aromatic rings. The van der Waals surface area contributed by atoms with Gasteiger partial charge in [0.05, 0.1) is 6.61 Å². The molecule has 4 nitrogen and oxygen atoms in total. The molecule has 0 fully saturated rings. The third kappa shape index (κ3) is 9.03. The maximum Gasteiger partial charge on any atom is 0.323 e. The molecule has 0 spiro atoms. The number of ether oxygens (including phenoxy) is 1. The van der Waals surface area contributed by atoms with Crippen LogP contribution in [0.15, 0.2) is 42.5 Å². The monoisotopic (exact) mass is 396 g/mol. The van der Waals surface area contributed by atoms with Crippen LogP contribution in [0.3, 0.4) is 0 Å². The average molecular weight is 397 g/mol. The van der Waals surface area contributed by atoms with Crippen molar-refractivity contribution in [3.8, 4) is 5.75 Å². The first-order valence-corrected chi connectivity index (χ1v) is 11.0. The Hall–Kier alpha value is -2.49. The molecule has 0 heterocycles. The number of carbonyl (C=O) groups is 1. The molecule has 0 aromatic heterocycles. The van der Waals surface area contributed by atoms with Crippen LogP contribution in [0.4, 0.5) is 16.2 Å². The van der Waals surface area contributed by atoms with Gasteiger partial charge in [0.25, 0.3) is 0 Å². The highest BCUT2D eigenvalue weighted by Crippen LogP contribution is 2.19. The summed E-state index contributed by atoms with van der Waals surface area (Å²) in [5, 5.41) is 5.77. The van der Waals surface area contributed by atoms with Crippen LogP contribution in [0.2, 0.25) is 0 Å². The first kappa shape index (κ1) is 22.8. The summed E-state index contributed by atoms with van der Waals surface area (Å²) in [6.45, 7) is 6.98. The summed E-state index contributed by atoms with van der Waals surface area (Å²) in [4.78, 5) is 12.2. The summed E-state index contributed by atoms with van der Waals surface area (Å²) in [7, 11) is 0. The number of aryl methyl sites for hydroxylation is 2. The van der Waals surface area contributed by atoms with E-state index < -0.39 is 0 Å². The van der Waals surface area contributed by atoms with E-state index >= 15 is 0 Å². The molecule has 158 valence electrons. The van der Waals surface area contributed by atoms with Crippen molar-refractivity contribution < 1.29 is 9.53 Å². The lowest BCUT2D eigenvalue weighted by Crippen LogP contribution is -2.20. The van der Waals surface area contributed by atoms with Gasteiger partial charge < -0.3 is 15.4 Å². The van der Waals surface area contributed by atoms with Crippen LogP contribution in [0.5, 0.6) is 5.75 Å². The number of carbonyl (C=O) groups excluding carboxylic acids is 1. The lowest BCUT2D eigenvalue weighted by atomic mass is 10.1. The summed E-state index contributed by atoms with van der Waals surface area (Å²) in [5.74, 6) is 0.841. The molecule has 0 aliphatic heterocycles. The molecule has 2 rings (SSSR count). The zero-order valence-electron chi connectivity index (χ0n) is 18.2. The predicted octanol–water partition coefficient (Wildman–Crippen LogP) is 7.47. The van der Waals surface area contributed by atoms with E-state index in [-0.39, 0.29) is 6.03 Å². The third-order valence-corrected chi connectivity index (χ3v) is 5.02. The summed E-state index contributed by atoms with van der Waals surface area (Å²) in [6.07, 6.45) is 10.4. The van der Waals surface area contributed by atoms with Crippen molar-refractivity contribution in [3.63, 3.8) is 0 Å². The molecule has 2 N–H and O–H groups in total. The number of benzene rings is 2. The fraction of sp³-hybridized carbons (Fsp3) is 0.480. The van der Waals surface area contributed by atoms with Gasteiger partial charge in [0.15, 0.2) is 0 Å². The molecule has 4 heteroatoms. The average Bonchev–Trinajstić information content (AvgIpc) is 2.70. The summed E-state index contributed by atoms with van der Waals surface area (Å²) in [5.41, 5.74) is 3.72. The Labute approximate surface area is 176 Å². The third-order valence-electron chi connectivity index (χ3n) is 5.02. The lowest BCUT2D eigenvalue weighted by molar-refractivity contribution is 0.262. The second-order valence-electron chi connectivity index (χ2n) is 7.75. The number of rotatable bonds is 12. The Morgan fingerprint density at radius 2 is 1.48 bits per heavy atom. The van der Waals surface area contributed by atoms with E-state index in [2.05, 4.69) is 17.6 Å². The summed E-state index contributed by atoms with van der Waals surface area (Å²) >= 11 is 0. The van der Waals surface area contributed by atoms with E-state index in [4.69, 9.17) is 4.74 Å². The summed E-state index contributed by atoms with van der Waals surface area (Å²) in [6, 6.07) is 13.3. The lowest BCUT2D eigenvalue weighted by Gasteiger charge is -2.11.